The number of nitrogens with zero attached hydrogens (tertiary/aromatic N) is 5. The molecule has 3 aromatic heterocycles. The van der Waals surface area contributed by atoms with Gasteiger partial charge in [0.05, 0.1) is 34.3 Å². The molecule has 1 aromatic carbocycles. The Morgan fingerprint density at radius 2 is 1.97 bits per heavy atom. The first kappa shape index (κ1) is 26.1. The molecule has 5 rings (SSSR count). The first-order valence-electron chi connectivity index (χ1n) is 13.0. The minimum Gasteiger partial charge on any atom is -0.348 e. The zero-order valence-electron chi connectivity index (χ0n) is 22.1. The molecule has 1 atom stereocenters. The van der Waals surface area contributed by atoms with Crippen LogP contribution in [0.15, 0.2) is 61.3 Å². The Morgan fingerprint density at radius 1 is 1.13 bits per heavy atom. The number of hydrogen-bond donors (Lipinski definition) is 1. The van der Waals surface area contributed by atoms with Crippen LogP contribution in [0, 0.1) is 13.8 Å². The summed E-state index contributed by atoms with van der Waals surface area (Å²) in [7, 11) is 2.03. The topological polar surface area (TPSA) is 75.9 Å². The van der Waals surface area contributed by atoms with E-state index in [1.165, 1.54) is 28.7 Å². The van der Waals surface area contributed by atoms with E-state index in [0.29, 0.717) is 17.1 Å². The van der Waals surface area contributed by atoms with E-state index in [4.69, 9.17) is 21.6 Å². The van der Waals surface area contributed by atoms with Crippen LogP contribution in [0.3, 0.4) is 0 Å². The van der Waals surface area contributed by atoms with Crippen molar-refractivity contribution in [1.82, 2.24) is 29.7 Å². The summed E-state index contributed by atoms with van der Waals surface area (Å²) in [6.45, 7) is 5.87. The summed E-state index contributed by atoms with van der Waals surface area (Å²) in [5, 5.41) is 3.38. The molecule has 38 heavy (non-hydrogen) atoms. The maximum Gasteiger partial charge on any atom is 0.253 e. The first-order valence-corrected chi connectivity index (χ1v) is 13.4. The molecular weight excluding hydrogens is 496 g/mol. The van der Waals surface area contributed by atoms with Gasteiger partial charge in [-0.2, -0.15) is 0 Å². The molecule has 8 heteroatoms. The van der Waals surface area contributed by atoms with Crippen LogP contribution in [0.2, 0.25) is 5.02 Å². The highest BCUT2D eigenvalue weighted by molar-refractivity contribution is 6.33. The van der Waals surface area contributed by atoms with E-state index < -0.39 is 0 Å². The number of fused-ring (bicyclic) bond motifs is 1. The summed E-state index contributed by atoms with van der Waals surface area (Å²) in [5.74, 6) is -0.197. The van der Waals surface area contributed by atoms with Crippen LogP contribution in [0.25, 0.3) is 0 Å². The molecule has 4 aromatic rings. The van der Waals surface area contributed by atoms with E-state index in [1.807, 2.05) is 38.6 Å². The first-order chi connectivity index (χ1) is 18.4. The Bertz CT molecular complexity index is 1430. The number of pyridine rings is 2. The molecule has 0 fully saturated rings. The highest BCUT2D eigenvalue weighted by Crippen LogP contribution is 2.35. The third-order valence-corrected chi connectivity index (χ3v) is 7.73. The summed E-state index contributed by atoms with van der Waals surface area (Å²) in [5.41, 5.74) is 8.23. The number of rotatable bonds is 8. The van der Waals surface area contributed by atoms with Gasteiger partial charge in [0.1, 0.15) is 0 Å². The quantitative estimate of drug-likeness (QED) is 0.327. The lowest BCUT2D eigenvalue weighted by molar-refractivity contribution is 0.0950. The Morgan fingerprint density at radius 3 is 2.76 bits per heavy atom. The predicted molar refractivity (Wildman–Crippen MR) is 149 cm³/mol. The van der Waals surface area contributed by atoms with Gasteiger partial charge >= 0.3 is 0 Å². The molecule has 0 spiro atoms. The average Bonchev–Trinajstić information content (AvgIpc) is 3.23. The van der Waals surface area contributed by atoms with E-state index in [2.05, 4.69) is 51.0 Å². The highest BCUT2D eigenvalue weighted by atomic mass is 35.5. The molecule has 1 aliphatic rings. The fourth-order valence-electron chi connectivity index (χ4n) is 5.27. The molecule has 0 aliphatic heterocycles. The van der Waals surface area contributed by atoms with E-state index >= 15 is 0 Å². The van der Waals surface area contributed by atoms with Gasteiger partial charge in [0.2, 0.25) is 0 Å². The van der Waals surface area contributed by atoms with Crippen molar-refractivity contribution in [3.63, 3.8) is 0 Å². The minimum absolute atomic E-state index is 0.197. The molecular formula is C30H33ClN6O. The lowest BCUT2D eigenvalue weighted by atomic mass is 9.90. The van der Waals surface area contributed by atoms with E-state index in [0.717, 1.165) is 49.2 Å². The highest BCUT2D eigenvalue weighted by Gasteiger charge is 2.28. The van der Waals surface area contributed by atoms with Crippen LogP contribution in [0.1, 0.15) is 68.6 Å². The molecule has 1 N–H and O–H groups in total. The van der Waals surface area contributed by atoms with Crippen molar-refractivity contribution in [2.75, 3.05) is 0 Å². The van der Waals surface area contributed by atoms with Crippen molar-refractivity contribution in [1.29, 1.82) is 0 Å². The number of carbonyl (C=O) groups is 1. The fourth-order valence-corrected chi connectivity index (χ4v) is 5.56. The summed E-state index contributed by atoms with van der Waals surface area (Å²) in [6, 6.07) is 12.9. The Balaban J connectivity index is 1.36. The van der Waals surface area contributed by atoms with E-state index in [-0.39, 0.29) is 11.9 Å². The normalized spacial score (nSPS) is 14.9. The zero-order valence-corrected chi connectivity index (χ0v) is 22.9. The number of carbonyl (C=O) groups excluding carboxylic acids is 1. The standard InChI is InChI=1S/C30H33ClN6O/c1-20-14-32-16-25(31)28(20)30(38)34-15-22-7-4-8-23(13-22)17-37(18-26-21(2)36(3)19-35-26)27-11-5-9-24-10-6-12-33-29(24)27/h4,6-8,10,12-14,16,19,27H,5,9,11,15,17-18H2,1-3H3,(H,34,38). The second kappa shape index (κ2) is 11.5. The molecule has 1 amide bonds. The molecule has 196 valence electrons. The van der Waals surface area contributed by atoms with Gasteiger partial charge in [-0.3, -0.25) is 19.7 Å². The number of amides is 1. The van der Waals surface area contributed by atoms with Crippen LogP contribution >= 0.6 is 11.6 Å². The van der Waals surface area contributed by atoms with Crippen molar-refractivity contribution in [3.05, 3.63) is 111 Å². The van der Waals surface area contributed by atoms with Gasteiger partial charge < -0.3 is 9.88 Å². The molecule has 1 unspecified atom stereocenters. The summed E-state index contributed by atoms with van der Waals surface area (Å²) in [6.07, 6.45) is 10.2. The summed E-state index contributed by atoms with van der Waals surface area (Å²) >= 11 is 6.24. The van der Waals surface area contributed by atoms with Gasteiger partial charge in [-0.15, -0.1) is 0 Å². The van der Waals surface area contributed by atoms with Crippen molar-refractivity contribution >= 4 is 17.5 Å². The SMILES string of the molecule is Cc1cncc(Cl)c1C(=O)NCc1cccc(CN(Cc2ncn(C)c2C)C2CCCc3cccnc32)c1. The van der Waals surface area contributed by atoms with Crippen molar-refractivity contribution in [2.45, 2.75) is 58.8 Å². The Kier molecular flexibility index (Phi) is 7.86. The molecule has 1 aliphatic carbocycles. The Hall–Kier alpha value is -3.55. The lowest BCUT2D eigenvalue weighted by Gasteiger charge is -2.35. The largest absolute Gasteiger partial charge is 0.348 e. The number of hydrogen-bond acceptors (Lipinski definition) is 5. The van der Waals surface area contributed by atoms with Gasteiger partial charge in [0, 0.05) is 51.0 Å². The number of halogens is 1. The smallest absolute Gasteiger partial charge is 0.253 e. The third-order valence-electron chi connectivity index (χ3n) is 7.44. The van der Waals surface area contributed by atoms with Gasteiger partial charge in [-0.25, -0.2) is 4.98 Å². The van der Waals surface area contributed by atoms with Crippen LogP contribution in [-0.4, -0.2) is 30.3 Å². The van der Waals surface area contributed by atoms with E-state index in [1.54, 1.807) is 6.20 Å². The summed E-state index contributed by atoms with van der Waals surface area (Å²) in [4.78, 5) is 28.9. The molecule has 0 saturated heterocycles. The van der Waals surface area contributed by atoms with Gasteiger partial charge in [0.15, 0.2) is 0 Å². The number of aromatic nitrogens is 4. The van der Waals surface area contributed by atoms with Gasteiger partial charge in [-0.05, 0) is 61.4 Å². The van der Waals surface area contributed by atoms with Crippen LogP contribution in [-0.2, 0) is 33.1 Å². The lowest BCUT2D eigenvalue weighted by Crippen LogP contribution is -2.32. The third kappa shape index (κ3) is 5.64. The second-order valence-electron chi connectivity index (χ2n) is 10.1. The van der Waals surface area contributed by atoms with Crippen molar-refractivity contribution in [3.8, 4) is 0 Å². The number of aryl methyl sites for hydroxylation is 3. The Labute approximate surface area is 228 Å². The molecule has 0 saturated carbocycles. The maximum absolute atomic E-state index is 12.8. The number of nitrogens with one attached hydrogen (secondary N) is 1. The summed E-state index contributed by atoms with van der Waals surface area (Å²) < 4.78 is 2.07. The van der Waals surface area contributed by atoms with Crippen LogP contribution < -0.4 is 5.32 Å². The molecule has 0 bridgehead atoms. The van der Waals surface area contributed by atoms with Gasteiger partial charge in [0.25, 0.3) is 5.91 Å². The predicted octanol–water partition coefficient (Wildman–Crippen LogP) is 5.49. The molecule has 7 nitrogen and oxygen atoms in total. The zero-order chi connectivity index (χ0) is 26.6. The number of imidazole rings is 1. The van der Waals surface area contributed by atoms with Crippen molar-refractivity contribution < 1.29 is 4.79 Å². The minimum atomic E-state index is -0.197. The maximum atomic E-state index is 12.8. The monoisotopic (exact) mass is 528 g/mol. The van der Waals surface area contributed by atoms with Crippen molar-refractivity contribution in [2.24, 2.45) is 7.05 Å². The average molecular weight is 529 g/mol. The van der Waals surface area contributed by atoms with E-state index in [9.17, 15) is 4.79 Å². The van der Waals surface area contributed by atoms with Crippen LogP contribution in [0.4, 0.5) is 0 Å². The van der Waals surface area contributed by atoms with Crippen LogP contribution in [0.5, 0.6) is 0 Å². The fraction of sp³-hybridized carbons (Fsp3) is 0.333. The number of benzene rings is 1. The van der Waals surface area contributed by atoms with Gasteiger partial charge in [-0.1, -0.05) is 41.9 Å². The molecule has 3 heterocycles. The molecule has 0 radical (unpaired) electrons. The second-order valence-corrected chi connectivity index (χ2v) is 10.5.